The standard InChI is InChI=1S/C23H49N/c1-4-7-10-13-16-19-22-23(24,20-17-14-11-8-5-2)21-18-15-12-9-6-3/h4-22,24H2,1-3H3. The molecular formula is C23H49N. The first kappa shape index (κ1) is 24.0. The number of nitrogens with two attached hydrogens (primary N) is 1. The zero-order chi connectivity index (χ0) is 17.9. The van der Waals surface area contributed by atoms with Gasteiger partial charge in [-0.1, -0.05) is 124 Å². The predicted octanol–water partition coefficient (Wildman–Crippen LogP) is 8.16. The molecule has 0 spiro atoms. The van der Waals surface area contributed by atoms with Gasteiger partial charge in [0.15, 0.2) is 0 Å². The van der Waals surface area contributed by atoms with Crippen LogP contribution in [-0.2, 0) is 0 Å². The van der Waals surface area contributed by atoms with Crippen LogP contribution in [0.25, 0.3) is 0 Å². The third kappa shape index (κ3) is 15.5. The van der Waals surface area contributed by atoms with E-state index in [0.717, 1.165) is 0 Å². The van der Waals surface area contributed by atoms with Gasteiger partial charge in [0.2, 0.25) is 0 Å². The van der Waals surface area contributed by atoms with Crippen LogP contribution in [0.3, 0.4) is 0 Å². The van der Waals surface area contributed by atoms with Crippen molar-refractivity contribution in [3.05, 3.63) is 0 Å². The van der Waals surface area contributed by atoms with E-state index >= 15 is 0 Å². The molecule has 24 heavy (non-hydrogen) atoms. The lowest BCUT2D eigenvalue weighted by molar-refractivity contribution is 0.303. The van der Waals surface area contributed by atoms with Gasteiger partial charge in [0.1, 0.15) is 0 Å². The van der Waals surface area contributed by atoms with Crippen molar-refractivity contribution in [3.63, 3.8) is 0 Å². The van der Waals surface area contributed by atoms with Gasteiger partial charge in [-0.2, -0.15) is 0 Å². The lowest BCUT2D eigenvalue weighted by Gasteiger charge is -2.30. The summed E-state index contributed by atoms with van der Waals surface area (Å²) in [4.78, 5) is 0. The molecule has 2 N–H and O–H groups in total. The van der Waals surface area contributed by atoms with Gasteiger partial charge < -0.3 is 5.73 Å². The molecule has 0 aromatic carbocycles. The molecule has 0 unspecified atom stereocenters. The molecule has 0 bridgehead atoms. The molecular weight excluding hydrogens is 290 g/mol. The fraction of sp³-hybridized carbons (Fsp3) is 1.00. The van der Waals surface area contributed by atoms with E-state index in [1.54, 1.807) is 0 Å². The zero-order valence-corrected chi connectivity index (χ0v) is 17.5. The van der Waals surface area contributed by atoms with Crippen molar-refractivity contribution in [1.29, 1.82) is 0 Å². The van der Waals surface area contributed by atoms with Gasteiger partial charge in [-0.05, 0) is 19.3 Å². The highest BCUT2D eigenvalue weighted by atomic mass is 14.7. The van der Waals surface area contributed by atoms with Crippen LogP contribution in [0, 0.1) is 0 Å². The summed E-state index contributed by atoms with van der Waals surface area (Å²) in [7, 11) is 0. The molecule has 0 heterocycles. The molecule has 0 fully saturated rings. The Hall–Kier alpha value is -0.0400. The lowest BCUT2D eigenvalue weighted by Crippen LogP contribution is -2.39. The normalized spacial score (nSPS) is 12.0. The first-order valence-corrected chi connectivity index (χ1v) is 11.5. The minimum absolute atomic E-state index is 0.142. The van der Waals surface area contributed by atoms with E-state index in [2.05, 4.69) is 20.8 Å². The highest BCUT2D eigenvalue weighted by Crippen LogP contribution is 2.26. The summed E-state index contributed by atoms with van der Waals surface area (Å²) in [5.41, 5.74) is 7.01. The SMILES string of the molecule is CCCCCCCCC(N)(CCCCCCC)CCCCCCC. The molecule has 0 aliphatic heterocycles. The summed E-state index contributed by atoms with van der Waals surface area (Å²) in [5, 5.41) is 0. The quantitative estimate of drug-likeness (QED) is 0.236. The Balaban J connectivity index is 4.00. The highest BCUT2D eigenvalue weighted by Gasteiger charge is 2.23. The van der Waals surface area contributed by atoms with Crippen LogP contribution in [0.15, 0.2) is 0 Å². The summed E-state index contributed by atoms with van der Waals surface area (Å²) in [6.07, 6.45) is 25.9. The molecule has 0 aliphatic rings. The first-order chi connectivity index (χ1) is 11.7. The lowest BCUT2D eigenvalue weighted by atomic mass is 9.82. The third-order valence-corrected chi connectivity index (χ3v) is 5.58. The molecule has 0 aliphatic carbocycles. The van der Waals surface area contributed by atoms with E-state index in [9.17, 15) is 0 Å². The van der Waals surface area contributed by atoms with Gasteiger partial charge in [0, 0.05) is 5.54 Å². The molecule has 0 atom stereocenters. The van der Waals surface area contributed by atoms with Crippen LogP contribution in [-0.4, -0.2) is 5.54 Å². The second-order valence-electron chi connectivity index (χ2n) is 8.21. The molecule has 146 valence electrons. The van der Waals surface area contributed by atoms with E-state index in [4.69, 9.17) is 5.73 Å². The molecule has 0 saturated carbocycles. The van der Waals surface area contributed by atoms with Crippen molar-refractivity contribution in [3.8, 4) is 0 Å². The maximum absolute atomic E-state index is 6.87. The van der Waals surface area contributed by atoms with Crippen molar-refractivity contribution in [2.45, 2.75) is 148 Å². The van der Waals surface area contributed by atoms with Crippen molar-refractivity contribution in [1.82, 2.24) is 0 Å². The zero-order valence-electron chi connectivity index (χ0n) is 17.5. The summed E-state index contributed by atoms with van der Waals surface area (Å²) in [6.45, 7) is 6.88. The Morgan fingerprint density at radius 2 is 0.667 bits per heavy atom. The molecule has 0 aromatic rings. The van der Waals surface area contributed by atoms with Gasteiger partial charge in [0.05, 0.1) is 0 Å². The average molecular weight is 340 g/mol. The third-order valence-electron chi connectivity index (χ3n) is 5.58. The molecule has 0 aromatic heterocycles. The first-order valence-electron chi connectivity index (χ1n) is 11.5. The van der Waals surface area contributed by atoms with Gasteiger partial charge in [-0.25, -0.2) is 0 Å². The topological polar surface area (TPSA) is 26.0 Å². The van der Waals surface area contributed by atoms with Gasteiger partial charge >= 0.3 is 0 Å². The van der Waals surface area contributed by atoms with Crippen LogP contribution >= 0.6 is 0 Å². The van der Waals surface area contributed by atoms with Gasteiger partial charge in [-0.3, -0.25) is 0 Å². The second kappa shape index (κ2) is 17.8. The van der Waals surface area contributed by atoms with Crippen molar-refractivity contribution >= 4 is 0 Å². The summed E-state index contributed by atoms with van der Waals surface area (Å²) in [6, 6.07) is 0. The van der Waals surface area contributed by atoms with Crippen LogP contribution in [0.1, 0.15) is 143 Å². The van der Waals surface area contributed by atoms with Crippen LogP contribution in [0.5, 0.6) is 0 Å². The largest absolute Gasteiger partial charge is 0.325 e. The minimum Gasteiger partial charge on any atom is -0.325 e. The van der Waals surface area contributed by atoms with Crippen LogP contribution in [0.4, 0.5) is 0 Å². The predicted molar refractivity (Wildman–Crippen MR) is 112 cm³/mol. The number of hydrogen-bond acceptors (Lipinski definition) is 1. The fourth-order valence-electron chi connectivity index (χ4n) is 3.79. The fourth-order valence-corrected chi connectivity index (χ4v) is 3.79. The molecule has 1 heteroatoms. The number of hydrogen-bond donors (Lipinski definition) is 1. The number of rotatable bonds is 19. The smallest absolute Gasteiger partial charge is 0.0154 e. The van der Waals surface area contributed by atoms with E-state index in [-0.39, 0.29) is 5.54 Å². The second-order valence-corrected chi connectivity index (χ2v) is 8.21. The van der Waals surface area contributed by atoms with Crippen molar-refractivity contribution in [2.24, 2.45) is 5.73 Å². The summed E-state index contributed by atoms with van der Waals surface area (Å²) >= 11 is 0. The minimum atomic E-state index is 0.142. The summed E-state index contributed by atoms with van der Waals surface area (Å²) in [5.74, 6) is 0. The van der Waals surface area contributed by atoms with E-state index in [1.807, 2.05) is 0 Å². The van der Waals surface area contributed by atoms with Gasteiger partial charge in [0.25, 0.3) is 0 Å². The van der Waals surface area contributed by atoms with Gasteiger partial charge in [-0.15, -0.1) is 0 Å². The van der Waals surface area contributed by atoms with E-state index in [0.29, 0.717) is 0 Å². The molecule has 0 rings (SSSR count). The van der Waals surface area contributed by atoms with Crippen molar-refractivity contribution < 1.29 is 0 Å². The Bertz CT molecular complexity index is 222. The molecule has 0 radical (unpaired) electrons. The van der Waals surface area contributed by atoms with Crippen LogP contribution in [0.2, 0.25) is 0 Å². The number of unbranched alkanes of at least 4 members (excludes halogenated alkanes) is 13. The Morgan fingerprint density at radius 3 is 0.958 bits per heavy atom. The maximum atomic E-state index is 6.87. The molecule has 1 nitrogen and oxygen atoms in total. The average Bonchev–Trinajstić information content (AvgIpc) is 2.58. The van der Waals surface area contributed by atoms with Crippen LogP contribution < -0.4 is 5.73 Å². The highest BCUT2D eigenvalue weighted by molar-refractivity contribution is 4.84. The molecule has 0 amide bonds. The van der Waals surface area contributed by atoms with Crippen molar-refractivity contribution in [2.75, 3.05) is 0 Å². The monoisotopic (exact) mass is 339 g/mol. The summed E-state index contributed by atoms with van der Waals surface area (Å²) < 4.78 is 0. The van der Waals surface area contributed by atoms with E-state index < -0.39 is 0 Å². The molecule has 0 saturated heterocycles. The Kier molecular flexibility index (Phi) is 17.7. The Labute approximate surface area is 154 Å². The van der Waals surface area contributed by atoms with E-state index in [1.165, 1.54) is 122 Å². The Morgan fingerprint density at radius 1 is 0.417 bits per heavy atom. The maximum Gasteiger partial charge on any atom is 0.0154 e.